The van der Waals surface area contributed by atoms with Crippen molar-refractivity contribution >= 4 is 29.3 Å². The van der Waals surface area contributed by atoms with E-state index in [1.54, 1.807) is 12.1 Å². The first-order valence-corrected chi connectivity index (χ1v) is 7.38. The van der Waals surface area contributed by atoms with Gasteiger partial charge in [-0.05, 0) is 24.6 Å². The summed E-state index contributed by atoms with van der Waals surface area (Å²) >= 11 is 0. The second-order valence-corrected chi connectivity index (χ2v) is 5.39. The lowest BCUT2D eigenvalue weighted by atomic mass is 10.1. The highest BCUT2D eigenvalue weighted by Crippen LogP contribution is 2.26. The van der Waals surface area contributed by atoms with Gasteiger partial charge in [0.1, 0.15) is 0 Å². The maximum atomic E-state index is 12.0. The van der Waals surface area contributed by atoms with E-state index in [1.807, 2.05) is 0 Å². The van der Waals surface area contributed by atoms with Gasteiger partial charge in [0, 0.05) is 29.3 Å². The first-order chi connectivity index (χ1) is 12.4. The molecule has 0 bridgehead atoms. The number of carbonyl (C=O) groups is 1. The molecule has 130 valence electrons. The number of cyclic esters (lactones) is 1. The van der Waals surface area contributed by atoms with Gasteiger partial charge in [-0.15, -0.1) is 0 Å². The van der Waals surface area contributed by atoms with E-state index in [0.29, 0.717) is 16.7 Å². The normalized spacial score (nSPS) is 14.9. The third-order valence-electron chi connectivity index (χ3n) is 3.74. The maximum absolute atomic E-state index is 12.0. The molecule has 26 heavy (non-hydrogen) atoms. The number of nitrogens with zero attached hydrogens (tertiary/aromatic N) is 3. The summed E-state index contributed by atoms with van der Waals surface area (Å²) in [5.74, 6) is -0.787. The van der Waals surface area contributed by atoms with Crippen molar-refractivity contribution in [3.63, 3.8) is 0 Å². The fraction of sp³-hybridized carbons (Fsp3) is 0.0588. The van der Waals surface area contributed by atoms with Crippen LogP contribution >= 0.6 is 0 Å². The van der Waals surface area contributed by atoms with Gasteiger partial charge in [-0.2, -0.15) is 0 Å². The quantitative estimate of drug-likeness (QED) is 0.360. The first-order valence-electron chi connectivity index (χ1n) is 7.38. The Hall–Kier alpha value is -3.88. The molecular formula is C17H11N3O6. The largest absolute Gasteiger partial charge is 0.402 e. The van der Waals surface area contributed by atoms with Crippen molar-refractivity contribution in [3.05, 3.63) is 85.1 Å². The molecule has 3 rings (SSSR count). The van der Waals surface area contributed by atoms with Crippen molar-refractivity contribution in [2.24, 2.45) is 4.99 Å². The van der Waals surface area contributed by atoms with Gasteiger partial charge < -0.3 is 4.74 Å². The molecule has 1 aliphatic heterocycles. The lowest BCUT2D eigenvalue weighted by Crippen LogP contribution is -2.08. The van der Waals surface area contributed by atoms with Crippen LogP contribution in [0.3, 0.4) is 0 Å². The third-order valence-corrected chi connectivity index (χ3v) is 3.74. The predicted octanol–water partition coefficient (Wildman–Crippen LogP) is 3.16. The molecule has 0 amide bonds. The van der Waals surface area contributed by atoms with Crippen molar-refractivity contribution in [1.29, 1.82) is 0 Å². The van der Waals surface area contributed by atoms with Crippen LogP contribution < -0.4 is 0 Å². The topological polar surface area (TPSA) is 125 Å². The SMILES string of the molecule is Cc1c(C2=N/C(=C\c3cccc([N+](=O)[O-])c3)C(=O)O2)cccc1[N+](=O)[O-]. The number of esters is 1. The minimum absolute atomic E-state index is 0.0483. The number of carbonyl (C=O) groups excluding carboxylic acids is 1. The number of aliphatic imine (C=N–C) groups is 1. The Balaban J connectivity index is 2.00. The van der Waals surface area contributed by atoms with Crippen molar-refractivity contribution in [3.8, 4) is 0 Å². The molecule has 0 fully saturated rings. The highest BCUT2D eigenvalue weighted by atomic mass is 16.6. The summed E-state index contributed by atoms with van der Waals surface area (Å²) in [5.41, 5.74) is 0.774. The summed E-state index contributed by atoms with van der Waals surface area (Å²) in [4.78, 5) is 36.9. The van der Waals surface area contributed by atoms with Gasteiger partial charge in [-0.25, -0.2) is 9.79 Å². The molecular weight excluding hydrogens is 342 g/mol. The lowest BCUT2D eigenvalue weighted by molar-refractivity contribution is -0.385. The Morgan fingerprint density at radius 1 is 1.08 bits per heavy atom. The van der Waals surface area contributed by atoms with E-state index in [1.165, 1.54) is 43.3 Å². The summed E-state index contributed by atoms with van der Waals surface area (Å²) in [6.07, 6.45) is 1.36. The van der Waals surface area contributed by atoms with Gasteiger partial charge >= 0.3 is 5.97 Å². The zero-order valence-electron chi connectivity index (χ0n) is 13.4. The fourth-order valence-electron chi connectivity index (χ4n) is 2.46. The van der Waals surface area contributed by atoms with Crippen LogP contribution in [-0.4, -0.2) is 21.7 Å². The van der Waals surface area contributed by atoms with E-state index < -0.39 is 15.8 Å². The van der Waals surface area contributed by atoms with Crippen molar-refractivity contribution in [1.82, 2.24) is 0 Å². The Kier molecular flexibility index (Phi) is 4.27. The zero-order chi connectivity index (χ0) is 18.8. The van der Waals surface area contributed by atoms with Gasteiger partial charge in [0.15, 0.2) is 5.70 Å². The highest BCUT2D eigenvalue weighted by Gasteiger charge is 2.27. The molecule has 1 heterocycles. The Bertz CT molecular complexity index is 1010. The van der Waals surface area contributed by atoms with Crippen LogP contribution in [0.4, 0.5) is 11.4 Å². The Morgan fingerprint density at radius 3 is 2.50 bits per heavy atom. The van der Waals surface area contributed by atoms with Gasteiger partial charge in [-0.3, -0.25) is 20.2 Å². The minimum Gasteiger partial charge on any atom is -0.402 e. The number of hydrogen-bond donors (Lipinski definition) is 0. The number of rotatable bonds is 4. The van der Waals surface area contributed by atoms with E-state index in [-0.39, 0.29) is 23.0 Å². The molecule has 2 aromatic carbocycles. The minimum atomic E-state index is -0.739. The van der Waals surface area contributed by atoms with Crippen molar-refractivity contribution < 1.29 is 19.4 Å². The van der Waals surface area contributed by atoms with Crippen LogP contribution in [0.1, 0.15) is 16.7 Å². The van der Waals surface area contributed by atoms with Crippen LogP contribution in [-0.2, 0) is 9.53 Å². The molecule has 2 aromatic rings. The zero-order valence-corrected chi connectivity index (χ0v) is 13.4. The number of non-ortho nitro benzene ring substituents is 1. The Morgan fingerprint density at radius 2 is 1.81 bits per heavy atom. The summed E-state index contributed by atoms with van der Waals surface area (Å²) in [6.45, 7) is 1.53. The van der Waals surface area contributed by atoms with Crippen LogP contribution in [0.15, 0.2) is 53.2 Å². The summed E-state index contributed by atoms with van der Waals surface area (Å²) in [5, 5.41) is 21.9. The summed E-state index contributed by atoms with van der Waals surface area (Å²) in [6, 6.07) is 10.1. The first kappa shape index (κ1) is 17.0. The molecule has 0 saturated carbocycles. The molecule has 0 saturated heterocycles. The van der Waals surface area contributed by atoms with E-state index in [9.17, 15) is 25.0 Å². The maximum Gasteiger partial charge on any atom is 0.363 e. The smallest absolute Gasteiger partial charge is 0.363 e. The molecule has 9 nitrogen and oxygen atoms in total. The van der Waals surface area contributed by atoms with Crippen molar-refractivity contribution in [2.75, 3.05) is 0 Å². The van der Waals surface area contributed by atoms with E-state index in [2.05, 4.69) is 4.99 Å². The number of hydrogen-bond acceptors (Lipinski definition) is 7. The number of benzene rings is 2. The van der Waals surface area contributed by atoms with Crippen LogP contribution in [0.2, 0.25) is 0 Å². The van der Waals surface area contributed by atoms with Gasteiger partial charge in [0.25, 0.3) is 11.4 Å². The monoisotopic (exact) mass is 353 g/mol. The third kappa shape index (κ3) is 3.18. The number of nitro benzene ring substituents is 2. The number of nitro groups is 2. The van der Waals surface area contributed by atoms with Crippen molar-refractivity contribution in [2.45, 2.75) is 6.92 Å². The molecule has 0 aromatic heterocycles. The van der Waals surface area contributed by atoms with Gasteiger partial charge in [0.2, 0.25) is 5.90 Å². The average Bonchev–Trinajstić information content (AvgIpc) is 2.95. The van der Waals surface area contributed by atoms with E-state index in [4.69, 9.17) is 4.74 Å². The van der Waals surface area contributed by atoms with Crippen LogP contribution in [0, 0.1) is 27.2 Å². The molecule has 0 radical (unpaired) electrons. The van der Waals surface area contributed by atoms with Gasteiger partial charge in [0.05, 0.1) is 9.85 Å². The fourth-order valence-corrected chi connectivity index (χ4v) is 2.46. The average molecular weight is 353 g/mol. The standard InChI is InChI=1S/C17H11N3O6/c1-10-13(6-3-7-15(10)20(24)25)16-18-14(17(21)26-16)9-11-4-2-5-12(8-11)19(22)23/h2-9H,1H3/b14-9-. The number of ether oxygens (including phenoxy) is 1. The van der Waals surface area contributed by atoms with Crippen LogP contribution in [0.25, 0.3) is 6.08 Å². The molecule has 0 unspecified atom stereocenters. The molecule has 1 aliphatic rings. The second kappa shape index (κ2) is 6.55. The lowest BCUT2D eigenvalue weighted by Gasteiger charge is -2.04. The van der Waals surface area contributed by atoms with E-state index in [0.717, 1.165) is 0 Å². The van der Waals surface area contributed by atoms with Crippen LogP contribution in [0.5, 0.6) is 0 Å². The Labute approximate surface area is 146 Å². The molecule has 9 heteroatoms. The molecule has 0 spiro atoms. The summed E-state index contributed by atoms with van der Waals surface area (Å²) in [7, 11) is 0. The predicted molar refractivity (Wildman–Crippen MR) is 91.5 cm³/mol. The molecule has 0 N–H and O–H groups in total. The van der Waals surface area contributed by atoms with E-state index >= 15 is 0 Å². The second-order valence-electron chi connectivity index (χ2n) is 5.39. The highest BCUT2D eigenvalue weighted by molar-refractivity contribution is 6.13. The molecule has 0 atom stereocenters. The summed E-state index contributed by atoms with van der Waals surface area (Å²) < 4.78 is 5.11. The van der Waals surface area contributed by atoms with Gasteiger partial charge in [-0.1, -0.05) is 18.2 Å². The molecule has 0 aliphatic carbocycles.